The van der Waals surface area contributed by atoms with E-state index in [1.54, 1.807) is 6.07 Å². The molecule has 2 rings (SSSR count). The van der Waals surface area contributed by atoms with Crippen LogP contribution in [0.4, 0.5) is 8.78 Å². The normalized spacial score (nSPS) is 19.6. The van der Waals surface area contributed by atoms with E-state index in [0.29, 0.717) is 17.2 Å². The average Bonchev–Trinajstić information content (AvgIpc) is 2.92. The Morgan fingerprint density at radius 2 is 2.25 bits per heavy atom. The number of hydrogen-bond donors (Lipinski definition) is 2. The van der Waals surface area contributed by atoms with Gasteiger partial charge in [-0.15, -0.1) is 0 Å². The molecule has 0 radical (unpaired) electrons. The predicted octanol–water partition coefficient (Wildman–Crippen LogP) is 2.67. The van der Waals surface area contributed by atoms with Crippen molar-refractivity contribution in [3.8, 4) is 0 Å². The van der Waals surface area contributed by atoms with Gasteiger partial charge in [0, 0.05) is 13.2 Å². The maximum Gasteiger partial charge on any atom is 0.166 e. The molecule has 1 fully saturated rings. The largest absolute Gasteiger partial charge is 0.376 e. The van der Waals surface area contributed by atoms with Crippen LogP contribution in [0.3, 0.4) is 0 Å². The summed E-state index contributed by atoms with van der Waals surface area (Å²) in [5, 5.41) is 6.61. The Morgan fingerprint density at radius 1 is 1.45 bits per heavy atom. The molecule has 0 saturated carbocycles. The first-order valence-corrected chi connectivity index (χ1v) is 7.08. The number of rotatable bonds is 4. The molecule has 1 aromatic carbocycles. The summed E-state index contributed by atoms with van der Waals surface area (Å²) in [6.07, 6.45) is 2.32. The maximum absolute atomic E-state index is 13.2. The molecular weight excluding hydrogens is 282 g/mol. The minimum atomic E-state index is -0.852. The van der Waals surface area contributed by atoms with Crippen LogP contribution in [0.25, 0.3) is 0 Å². The van der Waals surface area contributed by atoms with Crippen LogP contribution in [0.5, 0.6) is 0 Å². The molecule has 6 heteroatoms. The zero-order chi connectivity index (χ0) is 14.5. The summed E-state index contributed by atoms with van der Waals surface area (Å²) in [7, 11) is 0. The van der Waals surface area contributed by atoms with Gasteiger partial charge in [-0.2, -0.15) is 0 Å². The summed E-state index contributed by atoms with van der Waals surface area (Å²) in [4.78, 5) is 0. The highest BCUT2D eigenvalue weighted by atomic mass is 32.1. The Balaban J connectivity index is 1.81. The van der Waals surface area contributed by atoms with Gasteiger partial charge in [0.25, 0.3) is 0 Å². The average molecular weight is 300 g/mol. The van der Waals surface area contributed by atoms with Crippen molar-refractivity contribution in [2.24, 2.45) is 0 Å². The lowest BCUT2D eigenvalue weighted by Crippen LogP contribution is -2.40. The fraction of sp³-hybridized carbons (Fsp3) is 0.500. The van der Waals surface area contributed by atoms with E-state index in [0.717, 1.165) is 25.5 Å². The molecule has 3 nitrogen and oxygen atoms in total. The van der Waals surface area contributed by atoms with Crippen LogP contribution in [-0.4, -0.2) is 24.4 Å². The SMILES string of the molecule is C[C@H](NC(=S)NC[C@@H]1CCCO1)c1ccc(F)c(F)c1. The molecule has 20 heavy (non-hydrogen) atoms. The van der Waals surface area contributed by atoms with Crippen molar-refractivity contribution in [1.82, 2.24) is 10.6 Å². The first-order valence-electron chi connectivity index (χ1n) is 6.67. The molecule has 1 heterocycles. The summed E-state index contributed by atoms with van der Waals surface area (Å²) in [6, 6.07) is 3.63. The molecular formula is C14H18F2N2OS. The molecule has 0 amide bonds. The van der Waals surface area contributed by atoms with Crippen LogP contribution in [-0.2, 0) is 4.74 Å². The van der Waals surface area contributed by atoms with E-state index in [2.05, 4.69) is 10.6 Å². The molecule has 110 valence electrons. The summed E-state index contributed by atoms with van der Waals surface area (Å²) in [6.45, 7) is 3.31. The molecule has 1 aromatic rings. The van der Waals surface area contributed by atoms with Crippen molar-refractivity contribution in [1.29, 1.82) is 0 Å². The number of thiocarbonyl (C=S) groups is 1. The molecule has 1 saturated heterocycles. The van der Waals surface area contributed by atoms with E-state index in [9.17, 15) is 8.78 Å². The third-order valence-electron chi connectivity index (χ3n) is 3.31. The second kappa shape index (κ2) is 6.95. The first-order chi connectivity index (χ1) is 9.56. The highest BCUT2D eigenvalue weighted by molar-refractivity contribution is 7.80. The quantitative estimate of drug-likeness (QED) is 0.838. The van der Waals surface area contributed by atoms with Crippen molar-refractivity contribution in [2.45, 2.75) is 31.9 Å². The number of benzene rings is 1. The molecule has 2 N–H and O–H groups in total. The maximum atomic E-state index is 13.2. The minimum absolute atomic E-state index is 0.199. The fourth-order valence-electron chi connectivity index (χ4n) is 2.12. The van der Waals surface area contributed by atoms with Gasteiger partial charge in [-0.05, 0) is 49.7 Å². The number of halogens is 2. The van der Waals surface area contributed by atoms with Gasteiger partial charge in [0.1, 0.15) is 0 Å². The Morgan fingerprint density at radius 3 is 2.90 bits per heavy atom. The summed E-state index contributed by atoms with van der Waals surface area (Å²) < 4.78 is 31.5. The first kappa shape index (κ1) is 15.1. The molecule has 1 aliphatic rings. The summed E-state index contributed by atoms with van der Waals surface area (Å²) >= 11 is 5.18. The molecule has 0 spiro atoms. The van der Waals surface area contributed by atoms with Crippen molar-refractivity contribution >= 4 is 17.3 Å². The van der Waals surface area contributed by atoms with Gasteiger partial charge < -0.3 is 15.4 Å². The smallest absolute Gasteiger partial charge is 0.166 e. The second-order valence-corrected chi connectivity index (χ2v) is 5.29. The van der Waals surface area contributed by atoms with Crippen LogP contribution < -0.4 is 10.6 Å². The Kier molecular flexibility index (Phi) is 5.25. The van der Waals surface area contributed by atoms with E-state index >= 15 is 0 Å². The number of ether oxygens (including phenoxy) is 1. The van der Waals surface area contributed by atoms with Gasteiger partial charge >= 0.3 is 0 Å². The zero-order valence-electron chi connectivity index (χ0n) is 11.3. The molecule has 1 aliphatic heterocycles. The highest BCUT2D eigenvalue weighted by Gasteiger charge is 2.16. The van der Waals surface area contributed by atoms with Gasteiger partial charge in [-0.3, -0.25) is 0 Å². The third-order valence-corrected chi connectivity index (χ3v) is 3.57. The van der Waals surface area contributed by atoms with Crippen molar-refractivity contribution in [2.75, 3.05) is 13.2 Å². The van der Waals surface area contributed by atoms with Crippen LogP contribution in [0.15, 0.2) is 18.2 Å². The fourth-order valence-corrected chi connectivity index (χ4v) is 2.38. The minimum Gasteiger partial charge on any atom is -0.376 e. The second-order valence-electron chi connectivity index (χ2n) is 4.88. The molecule has 0 bridgehead atoms. The third kappa shape index (κ3) is 4.11. The van der Waals surface area contributed by atoms with Crippen LogP contribution in [0, 0.1) is 11.6 Å². The van der Waals surface area contributed by atoms with Gasteiger partial charge in [0.05, 0.1) is 12.1 Å². The van der Waals surface area contributed by atoms with E-state index in [1.165, 1.54) is 6.07 Å². The van der Waals surface area contributed by atoms with E-state index in [1.807, 2.05) is 6.92 Å². The van der Waals surface area contributed by atoms with Crippen LogP contribution in [0.1, 0.15) is 31.4 Å². The molecule has 0 aromatic heterocycles. The number of hydrogen-bond acceptors (Lipinski definition) is 2. The zero-order valence-corrected chi connectivity index (χ0v) is 12.1. The Hall–Kier alpha value is -1.27. The van der Waals surface area contributed by atoms with Crippen LogP contribution in [0.2, 0.25) is 0 Å². The summed E-state index contributed by atoms with van der Waals surface area (Å²) in [5.74, 6) is -1.70. The Bertz CT molecular complexity index is 478. The topological polar surface area (TPSA) is 33.3 Å². The lowest BCUT2D eigenvalue weighted by Gasteiger charge is -2.19. The predicted molar refractivity (Wildman–Crippen MR) is 77.5 cm³/mol. The van der Waals surface area contributed by atoms with Gasteiger partial charge in [0.2, 0.25) is 0 Å². The van der Waals surface area contributed by atoms with E-state index in [-0.39, 0.29) is 12.1 Å². The highest BCUT2D eigenvalue weighted by Crippen LogP contribution is 2.16. The van der Waals surface area contributed by atoms with Gasteiger partial charge in [-0.1, -0.05) is 6.07 Å². The van der Waals surface area contributed by atoms with Crippen molar-refractivity contribution in [3.63, 3.8) is 0 Å². The molecule has 0 unspecified atom stereocenters. The standard InChI is InChI=1S/C14H18F2N2OS/c1-9(10-4-5-12(15)13(16)7-10)18-14(20)17-8-11-3-2-6-19-11/h4-5,7,9,11H,2-3,6,8H2,1H3,(H2,17,18,20)/t9-,11-/m0/s1. The van der Waals surface area contributed by atoms with E-state index in [4.69, 9.17) is 17.0 Å². The summed E-state index contributed by atoms with van der Waals surface area (Å²) in [5.41, 5.74) is 0.644. The van der Waals surface area contributed by atoms with Gasteiger partial charge in [-0.25, -0.2) is 8.78 Å². The molecule has 0 aliphatic carbocycles. The van der Waals surface area contributed by atoms with E-state index < -0.39 is 11.6 Å². The van der Waals surface area contributed by atoms with Crippen LogP contribution >= 0.6 is 12.2 Å². The monoisotopic (exact) mass is 300 g/mol. The lowest BCUT2D eigenvalue weighted by atomic mass is 10.1. The number of nitrogens with one attached hydrogen (secondary N) is 2. The van der Waals surface area contributed by atoms with Crippen molar-refractivity contribution < 1.29 is 13.5 Å². The molecule has 2 atom stereocenters. The van der Waals surface area contributed by atoms with Gasteiger partial charge in [0.15, 0.2) is 16.7 Å². The van der Waals surface area contributed by atoms with Crippen molar-refractivity contribution in [3.05, 3.63) is 35.4 Å². The Labute approximate surface area is 122 Å². The lowest BCUT2D eigenvalue weighted by molar-refractivity contribution is 0.114.